The van der Waals surface area contributed by atoms with Crippen molar-refractivity contribution in [1.29, 1.82) is 0 Å². The van der Waals surface area contributed by atoms with Crippen LogP contribution in [0.4, 0.5) is 5.69 Å². The first-order valence-electron chi connectivity index (χ1n) is 7.79. The number of nitrogens with zero attached hydrogens (tertiary/aromatic N) is 2. The van der Waals surface area contributed by atoms with Crippen molar-refractivity contribution in [2.24, 2.45) is 4.99 Å². The molecule has 0 N–H and O–H groups in total. The second-order valence-corrected chi connectivity index (χ2v) is 6.01. The minimum Gasteiger partial charge on any atom is -0.371 e. The summed E-state index contributed by atoms with van der Waals surface area (Å²) in [6.07, 6.45) is 9.95. The van der Waals surface area contributed by atoms with E-state index in [1.807, 2.05) is 6.08 Å². The van der Waals surface area contributed by atoms with E-state index in [1.165, 1.54) is 30.5 Å². The Morgan fingerprint density at radius 1 is 1.00 bits per heavy atom. The van der Waals surface area contributed by atoms with Gasteiger partial charge in [0.05, 0.1) is 0 Å². The molecule has 2 fully saturated rings. The molecule has 0 atom stereocenters. The molecule has 3 nitrogen and oxygen atoms in total. The molecule has 2 aliphatic rings. The molecule has 1 saturated heterocycles. The predicted octanol–water partition coefficient (Wildman–Crippen LogP) is 3.78. The van der Waals surface area contributed by atoms with E-state index in [0.29, 0.717) is 0 Å². The molecule has 1 aromatic carbocycles. The van der Waals surface area contributed by atoms with E-state index < -0.39 is 0 Å². The molecule has 1 aliphatic carbocycles. The summed E-state index contributed by atoms with van der Waals surface area (Å²) in [4.78, 5) is 17.6. The quantitative estimate of drug-likeness (QED) is 0.618. The van der Waals surface area contributed by atoms with Crippen LogP contribution in [0.1, 0.15) is 50.5 Å². The Morgan fingerprint density at radius 2 is 1.70 bits per heavy atom. The number of carbonyl (C=O) groups excluding carboxylic acids is 1. The maximum Gasteiger partial charge on any atom is 0.235 e. The van der Waals surface area contributed by atoms with Crippen molar-refractivity contribution < 1.29 is 4.79 Å². The molecule has 0 unspecified atom stereocenters. The molecule has 3 rings (SSSR count). The fourth-order valence-corrected chi connectivity index (χ4v) is 3.77. The third kappa shape index (κ3) is 2.38. The normalized spacial score (nSPS) is 21.5. The molecule has 0 aromatic heterocycles. The molecule has 1 saturated carbocycles. The van der Waals surface area contributed by atoms with Gasteiger partial charge in [0.2, 0.25) is 6.08 Å². The van der Waals surface area contributed by atoms with Crippen LogP contribution in [0.2, 0.25) is 0 Å². The lowest BCUT2D eigenvalue weighted by atomic mass is 9.87. The van der Waals surface area contributed by atoms with Crippen molar-refractivity contribution in [3.05, 3.63) is 29.8 Å². The Balaban J connectivity index is 2.01. The third-order valence-corrected chi connectivity index (χ3v) is 4.79. The maximum atomic E-state index is 10.9. The van der Waals surface area contributed by atoms with Crippen molar-refractivity contribution in [3.63, 3.8) is 0 Å². The number of anilines is 1. The molecule has 1 aliphatic heterocycles. The first kappa shape index (κ1) is 13.4. The van der Waals surface area contributed by atoms with Crippen LogP contribution in [0.25, 0.3) is 0 Å². The van der Waals surface area contributed by atoms with Gasteiger partial charge in [0.15, 0.2) is 0 Å². The number of benzene rings is 1. The van der Waals surface area contributed by atoms with E-state index in [2.05, 4.69) is 34.2 Å². The lowest BCUT2D eigenvalue weighted by Crippen LogP contribution is -2.32. The molecule has 1 aromatic rings. The summed E-state index contributed by atoms with van der Waals surface area (Å²) < 4.78 is 0. The van der Waals surface area contributed by atoms with E-state index in [9.17, 15) is 4.79 Å². The van der Waals surface area contributed by atoms with Gasteiger partial charge in [-0.3, -0.25) is 0 Å². The number of hydrogen-bond acceptors (Lipinski definition) is 3. The van der Waals surface area contributed by atoms with Gasteiger partial charge in [0.1, 0.15) is 5.54 Å². The van der Waals surface area contributed by atoms with Gasteiger partial charge in [-0.1, -0.05) is 31.0 Å². The number of para-hydroxylation sites is 1. The van der Waals surface area contributed by atoms with E-state index in [4.69, 9.17) is 0 Å². The van der Waals surface area contributed by atoms with Crippen LogP contribution >= 0.6 is 0 Å². The van der Waals surface area contributed by atoms with E-state index in [0.717, 1.165) is 38.8 Å². The number of rotatable bonds is 3. The van der Waals surface area contributed by atoms with Crippen molar-refractivity contribution >= 4 is 11.8 Å². The first-order chi connectivity index (χ1) is 9.86. The van der Waals surface area contributed by atoms with Crippen LogP contribution in [-0.4, -0.2) is 19.2 Å². The molecule has 106 valence electrons. The molecule has 0 amide bonds. The summed E-state index contributed by atoms with van der Waals surface area (Å²) in [5.41, 5.74) is 2.21. The second-order valence-electron chi connectivity index (χ2n) is 6.01. The molecule has 20 heavy (non-hydrogen) atoms. The highest BCUT2D eigenvalue weighted by atomic mass is 16.1. The number of isocyanates is 1. The van der Waals surface area contributed by atoms with Crippen LogP contribution in [0, 0.1) is 0 Å². The number of piperidine rings is 1. The molecule has 3 heteroatoms. The lowest BCUT2D eigenvalue weighted by Gasteiger charge is -2.34. The molecule has 0 spiro atoms. The average Bonchev–Trinajstić information content (AvgIpc) is 2.98. The fraction of sp³-hybridized carbons (Fsp3) is 0.588. The van der Waals surface area contributed by atoms with Crippen LogP contribution in [-0.2, 0) is 10.3 Å². The molecule has 0 radical (unpaired) electrons. The van der Waals surface area contributed by atoms with Gasteiger partial charge in [-0.2, -0.15) is 4.99 Å². The summed E-state index contributed by atoms with van der Waals surface area (Å²) in [6.45, 7) is 2.25. The zero-order valence-electron chi connectivity index (χ0n) is 12.0. The van der Waals surface area contributed by atoms with Crippen molar-refractivity contribution in [1.82, 2.24) is 0 Å². The maximum absolute atomic E-state index is 10.9. The standard InChI is InChI=1S/C17H22N2O/c20-14-18-17(10-4-5-11-17)15-8-2-3-9-16(15)19-12-6-1-7-13-19/h2-3,8-9H,1,4-7,10-13H2. The van der Waals surface area contributed by atoms with Crippen molar-refractivity contribution in [3.8, 4) is 0 Å². The Hall–Kier alpha value is -1.60. The molecular weight excluding hydrogens is 248 g/mol. The Labute approximate surface area is 120 Å². The van der Waals surface area contributed by atoms with Crippen LogP contribution in [0.3, 0.4) is 0 Å². The topological polar surface area (TPSA) is 32.7 Å². The fourth-order valence-electron chi connectivity index (χ4n) is 3.77. The second kappa shape index (κ2) is 5.80. The monoisotopic (exact) mass is 270 g/mol. The van der Waals surface area contributed by atoms with Crippen LogP contribution in [0.15, 0.2) is 29.3 Å². The van der Waals surface area contributed by atoms with Gasteiger partial charge in [0, 0.05) is 24.3 Å². The van der Waals surface area contributed by atoms with Gasteiger partial charge in [-0.25, -0.2) is 4.79 Å². The zero-order chi connectivity index (χ0) is 13.8. The number of hydrogen-bond donors (Lipinski definition) is 0. The van der Waals surface area contributed by atoms with Gasteiger partial charge in [0.25, 0.3) is 0 Å². The Kier molecular flexibility index (Phi) is 3.88. The highest BCUT2D eigenvalue weighted by Gasteiger charge is 2.38. The summed E-state index contributed by atoms with van der Waals surface area (Å²) in [5, 5.41) is 0. The Bertz CT molecular complexity index is 507. The summed E-state index contributed by atoms with van der Waals surface area (Å²) >= 11 is 0. The Morgan fingerprint density at radius 3 is 2.40 bits per heavy atom. The van der Waals surface area contributed by atoms with Crippen molar-refractivity contribution in [2.75, 3.05) is 18.0 Å². The highest BCUT2D eigenvalue weighted by Crippen LogP contribution is 2.45. The lowest BCUT2D eigenvalue weighted by molar-refractivity contribution is 0.453. The van der Waals surface area contributed by atoms with Crippen LogP contribution < -0.4 is 4.90 Å². The van der Waals surface area contributed by atoms with Crippen LogP contribution in [0.5, 0.6) is 0 Å². The third-order valence-electron chi connectivity index (χ3n) is 4.79. The van der Waals surface area contributed by atoms with E-state index in [-0.39, 0.29) is 5.54 Å². The minimum atomic E-state index is -0.310. The minimum absolute atomic E-state index is 0.310. The predicted molar refractivity (Wildman–Crippen MR) is 80.8 cm³/mol. The van der Waals surface area contributed by atoms with E-state index in [1.54, 1.807) is 0 Å². The largest absolute Gasteiger partial charge is 0.371 e. The smallest absolute Gasteiger partial charge is 0.235 e. The average molecular weight is 270 g/mol. The summed E-state index contributed by atoms with van der Waals surface area (Å²) in [6, 6.07) is 8.53. The first-order valence-corrected chi connectivity index (χ1v) is 7.79. The SMILES string of the molecule is O=C=NC1(c2ccccc2N2CCCCC2)CCCC1. The molecule has 0 bridgehead atoms. The highest BCUT2D eigenvalue weighted by molar-refractivity contribution is 5.58. The molecular formula is C17H22N2O. The zero-order valence-corrected chi connectivity index (χ0v) is 12.0. The van der Waals surface area contributed by atoms with E-state index >= 15 is 0 Å². The summed E-state index contributed by atoms with van der Waals surface area (Å²) in [7, 11) is 0. The number of aliphatic imine (C=N–C) groups is 1. The molecule has 1 heterocycles. The van der Waals surface area contributed by atoms with Gasteiger partial charge >= 0.3 is 0 Å². The van der Waals surface area contributed by atoms with Gasteiger partial charge in [-0.05, 0) is 38.2 Å². The van der Waals surface area contributed by atoms with Gasteiger partial charge < -0.3 is 4.90 Å². The van der Waals surface area contributed by atoms with Crippen molar-refractivity contribution in [2.45, 2.75) is 50.5 Å². The summed E-state index contributed by atoms with van der Waals surface area (Å²) in [5.74, 6) is 0. The van der Waals surface area contributed by atoms with Gasteiger partial charge in [-0.15, -0.1) is 0 Å².